The van der Waals surface area contributed by atoms with Gasteiger partial charge in [-0.15, -0.1) is 0 Å². The van der Waals surface area contributed by atoms with Gasteiger partial charge >= 0.3 is 0 Å². The number of aliphatic hydroxyl groups is 1. The minimum Gasteiger partial charge on any atom is -0.392 e. The molecule has 0 atom stereocenters. The Bertz CT molecular complexity index is 396. The Morgan fingerprint density at radius 1 is 1.50 bits per heavy atom. The van der Waals surface area contributed by atoms with Gasteiger partial charge in [0.15, 0.2) is 0 Å². The van der Waals surface area contributed by atoms with Crippen molar-refractivity contribution < 1.29 is 9.90 Å². The smallest absolute Gasteiger partial charge is 0.251 e. The molecule has 0 saturated heterocycles. The molecule has 1 aliphatic rings. The highest BCUT2D eigenvalue weighted by atomic mass is 16.2. The molecule has 0 fully saturated rings. The van der Waals surface area contributed by atoms with Crippen LogP contribution in [0.15, 0.2) is 24.3 Å². The first kappa shape index (κ1) is 8.97. The van der Waals surface area contributed by atoms with Crippen molar-refractivity contribution in [3.63, 3.8) is 0 Å². The highest BCUT2D eigenvalue weighted by Crippen LogP contribution is 2.17. The molecule has 0 aromatic heterocycles. The zero-order valence-corrected chi connectivity index (χ0v) is 7.66. The van der Waals surface area contributed by atoms with E-state index in [1.807, 2.05) is 18.2 Å². The van der Waals surface area contributed by atoms with Crippen molar-refractivity contribution in [3.8, 4) is 0 Å². The van der Waals surface area contributed by atoms with Crippen LogP contribution in [-0.4, -0.2) is 17.6 Å². The third-order valence-corrected chi connectivity index (χ3v) is 2.23. The molecule has 1 heterocycles. The Hall–Kier alpha value is -1.61. The first-order valence-corrected chi connectivity index (χ1v) is 4.50. The van der Waals surface area contributed by atoms with E-state index in [0.717, 1.165) is 16.7 Å². The van der Waals surface area contributed by atoms with Crippen LogP contribution in [0.25, 0.3) is 6.08 Å². The highest BCUT2D eigenvalue weighted by molar-refractivity contribution is 5.98. The molecule has 0 bridgehead atoms. The largest absolute Gasteiger partial charge is 0.392 e. The van der Waals surface area contributed by atoms with Gasteiger partial charge in [0, 0.05) is 12.1 Å². The standard InChI is InChI=1S/C11H11NO2/c13-5-1-2-8-3-4-9-7-12-11(14)10(9)6-8/h1-4,6,13H,5,7H2,(H,12,14). The molecule has 1 aromatic carbocycles. The highest BCUT2D eigenvalue weighted by Gasteiger charge is 2.17. The maximum Gasteiger partial charge on any atom is 0.251 e. The topological polar surface area (TPSA) is 49.3 Å². The molecule has 1 amide bonds. The molecule has 0 unspecified atom stereocenters. The van der Waals surface area contributed by atoms with E-state index in [1.54, 1.807) is 12.2 Å². The van der Waals surface area contributed by atoms with Crippen LogP contribution in [0.4, 0.5) is 0 Å². The molecule has 72 valence electrons. The van der Waals surface area contributed by atoms with Crippen LogP contribution in [-0.2, 0) is 6.54 Å². The fraction of sp³-hybridized carbons (Fsp3) is 0.182. The van der Waals surface area contributed by atoms with Crippen LogP contribution in [0.3, 0.4) is 0 Å². The van der Waals surface area contributed by atoms with Gasteiger partial charge in [0.2, 0.25) is 0 Å². The van der Waals surface area contributed by atoms with E-state index in [0.29, 0.717) is 6.54 Å². The van der Waals surface area contributed by atoms with E-state index in [-0.39, 0.29) is 12.5 Å². The van der Waals surface area contributed by atoms with Crippen molar-refractivity contribution in [3.05, 3.63) is 41.0 Å². The van der Waals surface area contributed by atoms with Crippen LogP contribution in [0.2, 0.25) is 0 Å². The molecule has 1 aliphatic heterocycles. The Balaban J connectivity index is 2.35. The van der Waals surface area contributed by atoms with E-state index >= 15 is 0 Å². The van der Waals surface area contributed by atoms with E-state index < -0.39 is 0 Å². The molecule has 0 radical (unpaired) electrons. The van der Waals surface area contributed by atoms with Crippen LogP contribution >= 0.6 is 0 Å². The number of nitrogens with one attached hydrogen (secondary N) is 1. The molecule has 1 aromatic rings. The molecule has 3 heteroatoms. The summed E-state index contributed by atoms with van der Waals surface area (Å²) in [4.78, 5) is 11.3. The average molecular weight is 189 g/mol. The lowest BCUT2D eigenvalue weighted by Gasteiger charge is -1.97. The van der Waals surface area contributed by atoms with Crippen molar-refractivity contribution in [1.29, 1.82) is 0 Å². The Labute approximate surface area is 82.1 Å². The molecule has 3 nitrogen and oxygen atoms in total. The molecular weight excluding hydrogens is 178 g/mol. The summed E-state index contributed by atoms with van der Waals surface area (Å²) in [6.07, 6.45) is 3.44. The van der Waals surface area contributed by atoms with Gasteiger partial charge in [-0.25, -0.2) is 0 Å². The second-order valence-electron chi connectivity index (χ2n) is 3.18. The number of carbonyl (C=O) groups excluding carboxylic acids is 1. The summed E-state index contributed by atoms with van der Waals surface area (Å²) in [5.74, 6) is -0.0146. The second kappa shape index (κ2) is 3.64. The zero-order valence-electron chi connectivity index (χ0n) is 7.66. The summed E-state index contributed by atoms with van der Waals surface area (Å²) < 4.78 is 0. The van der Waals surface area contributed by atoms with Crippen molar-refractivity contribution in [2.45, 2.75) is 6.54 Å². The van der Waals surface area contributed by atoms with E-state index in [2.05, 4.69) is 5.32 Å². The van der Waals surface area contributed by atoms with Crippen LogP contribution in [0.1, 0.15) is 21.5 Å². The monoisotopic (exact) mass is 189 g/mol. The molecule has 2 rings (SSSR count). The predicted molar refractivity (Wildman–Crippen MR) is 53.7 cm³/mol. The Kier molecular flexibility index (Phi) is 2.33. The molecule has 2 N–H and O–H groups in total. The summed E-state index contributed by atoms with van der Waals surface area (Å²) in [5, 5.41) is 11.4. The summed E-state index contributed by atoms with van der Waals surface area (Å²) in [7, 11) is 0. The van der Waals surface area contributed by atoms with Gasteiger partial charge in [-0.05, 0) is 17.2 Å². The van der Waals surface area contributed by atoms with Crippen molar-refractivity contribution >= 4 is 12.0 Å². The fourth-order valence-corrected chi connectivity index (χ4v) is 1.52. The lowest BCUT2D eigenvalue weighted by molar-refractivity contribution is 0.0965. The number of fused-ring (bicyclic) bond motifs is 1. The van der Waals surface area contributed by atoms with E-state index in [9.17, 15) is 4.79 Å². The lowest BCUT2D eigenvalue weighted by atomic mass is 10.1. The summed E-state index contributed by atoms with van der Waals surface area (Å²) >= 11 is 0. The Morgan fingerprint density at radius 2 is 2.36 bits per heavy atom. The lowest BCUT2D eigenvalue weighted by Crippen LogP contribution is -2.12. The number of amides is 1. The maximum atomic E-state index is 11.3. The van der Waals surface area contributed by atoms with Crippen LogP contribution in [0, 0.1) is 0 Å². The summed E-state index contributed by atoms with van der Waals surface area (Å²) in [5.41, 5.74) is 2.72. The number of hydrogen-bond acceptors (Lipinski definition) is 2. The zero-order chi connectivity index (χ0) is 9.97. The third kappa shape index (κ3) is 1.54. The normalized spacial score (nSPS) is 14.5. The van der Waals surface area contributed by atoms with E-state index in [1.165, 1.54) is 0 Å². The summed E-state index contributed by atoms with van der Waals surface area (Å²) in [6.45, 7) is 0.640. The van der Waals surface area contributed by atoms with Crippen molar-refractivity contribution in [1.82, 2.24) is 5.32 Å². The first-order valence-electron chi connectivity index (χ1n) is 4.50. The third-order valence-electron chi connectivity index (χ3n) is 2.23. The Morgan fingerprint density at radius 3 is 3.14 bits per heavy atom. The van der Waals surface area contributed by atoms with Crippen LogP contribution < -0.4 is 5.32 Å². The predicted octanol–water partition coefficient (Wildman–Crippen LogP) is 0.935. The number of benzene rings is 1. The second-order valence-corrected chi connectivity index (χ2v) is 3.18. The van der Waals surface area contributed by atoms with Gasteiger partial charge in [-0.3, -0.25) is 4.79 Å². The quantitative estimate of drug-likeness (QED) is 0.727. The van der Waals surface area contributed by atoms with E-state index in [4.69, 9.17) is 5.11 Å². The number of rotatable bonds is 2. The van der Waals surface area contributed by atoms with Gasteiger partial charge in [-0.1, -0.05) is 24.3 Å². The first-order chi connectivity index (χ1) is 6.81. The van der Waals surface area contributed by atoms with Gasteiger partial charge in [0.05, 0.1) is 6.61 Å². The van der Waals surface area contributed by atoms with Crippen molar-refractivity contribution in [2.75, 3.05) is 6.61 Å². The number of aliphatic hydroxyl groups excluding tert-OH is 1. The molecular formula is C11H11NO2. The van der Waals surface area contributed by atoms with Crippen LogP contribution in [0.5, 0.6) is 0 Å². The molecule has 0 spiro atoms. The van der Waals surface area contributed by atoms with Crippen molar-refractivity contribution in [2.24, 2.45) is 0 Å². The fourth-order valence-electron chi connectivity index (χ4n) is 1.52. The van der Waals surface area contributed by atoms with Gasteiger partial charge in [-0.2, -0.15) is 0 Å². The van der Waals surface area contributed by atoms with Gasteiger partial charge in [0.25, 0.3) is 5.91 Å². The summed E-state index contributed by atoms with van der Waals surface area (Å²) in [6, 6.07) is 5.71. The van der Waals surface area contributed by atoms with Gasteiger partial charge < -0.3 is 10.4 Å². The number of hydrogen-bond donors (Lipinski definition) is 2. The SMILES string of the molecule is O=C1NCc2ccc(C=CCO)cc21. The molecule has 0 aliphatic carbocycles. The number of carbonyl (C=O) groups is 1. The molecule has 0 saturated carbocycles. The minimum atomic E-state index is -0.0146. The maximum absolute atomic E-state index is 11.3. The molecule has 14 heavy (non-hydrogen) atoms. The average Bonchev–Trinajstić information content (AvgIpc) is 2.57. The minimum absolute atomic E-state index is 0.0146. The van der Waals surface area contributed by atoms with Gasteiger partial charge in [0.1, 0.15) is 0 Å².